The minimum absolute atomic E-state index is 0.0831. The molecule has 0 radical (unpaired) electrons. The molecular weight excluding hydrogens is 326 g/mol. The molecule has 0 N–H and O–H groups in total. The molecule has 0 saturated carbocycles. The van der Waals surface area contributed by atoms with Crippen molar-refractivity contribution in [3.63, 3.8) is 0 Å². The summed E-state index contributed by atoms with van der Waals surface area (Å²) in [6, 6.07) is 8.02. The molecule has 0 bridgehead atoms. The van der Waals surface area contributed by atoms with Crippen LogP contribution in [0.2, 0.25) is 0 Å². The van der Waals surface area contributed by atoms with Gasteiger partial charge in [-0.2, -0.15) is 0 Å². The highest BCUT2D eigenvalue weighted by atomic mass is 32.2. The molecule has 132 valence electrons. The molecule has 2 aliphatic rings. The van der Waals surface area contributed by atoms with Crippen LogP contribution in [0.3, 0.4) is 0 Å². The van der Waals surface area contributed by atoms with Gasteiger partial charge in [0.1, 0.15) is 5.75 Å². The first-order valence-corrected chi connectivity index (χ1v) is 9.56. The Morgan fingerprint density at radius 1 is 1.25 bits per heavy atom. The lowest BCUT2D eigenvalue weighted by atomic mass is 10.0. The maximum absolute atomic E-state index is 12.6. The second-order valence-corrected chi connectivity index (χ2v) is 7.20. The molecule has 1 unspecified atom stereocenters. The zero-order chi connectivity index (χ0) is 16.8. The molecule has 2 fully saturated rings. The van der Waals surface area contributed by atoms with E-state index in [0.29, 0.717) is 19.6 Å². The summed E-state index contributed by atoms with van der Waals surface area (Å²) in [4.78, 5) is 15.8. The number of hydrogen-bond donors (Lipinski definition) is 0. The van der Waals surface area contributed by atoms with Gasteiger partial charge in [0.2, 0.25) is 5.91 Å². The third-order valence-corrected chi connectivity index (χ3v) is 5.49. The van der Waals surface area contributed by atoms with Crippen LogP contribution in [0.1, 0.15) is 25.7 Å². The fourth-order valence-electron chi connectivity index (χ4n) is 3.22. The lowest BCUT2D eigenvalue weighted by Crippen LogP contribution is -2.50. The molecule has 2 aliphatic heterocycles. The Bertz CT molecular complexity index is 530. The minimum Gasteiger partial charge on any atom is -0.497 e. The van der Waals surface area contributed by atoms with Gasteiger partial charge in [-0.3, -0.25) is 4.79 Å². The first-order valence-electron chi connectivity index (χ1n) is 8.57. The highest BCUT2D eigenvalue weighted by Crippen LogP contribution is 2.26. The molecule has 5 nitrogen and oxygen atoms in total. The summed E-state index contributed by atoms with van der Waals surface area (Å²) < 4.78 is 16.4. The van der Waals surface area contributed by atoms with Crippen LogP contribution >= 0.6 is 11.8 Å². The lowest BCUT2D eigenvalue weighted by Gasteiger charge is -2.38. The predicted octanol–water partition coefficient (Wildman–Crippen LogP) is 2.93. The summed E-state index contributed by atoms with van der Waals surface area (Å²) in [5.41, 5.74) is 0. The van der Waals surface area contributed by atoms with E-state index >= 15 is 0 Å². The highest BCUT2D eigenvalue weighted by Gasteiger charge is 2.35. The van der Waals surface area contributed by atoms with Crippen molar-refractivity contribution in [1.82, 2.24) is 4.90 Å². The van der Waals surface area contributed by atoms with Gasteiger partial charge >= 0.3 is 0 Å². The van der Waals surface area contributed by atoms with Crippen molar-refractivity contribution >= 4 is 17.7 Å². The van der Waals surface area contributed by atoms with Crippen LogP contribution in [0, 0.1) is 0 Å². The number of amides is 1. The average molecular weight is 351 g/mol. The molecule has 2 heterocycles. The Morgan fingerprint density at radius 3 is 2.71 bits per heavy atom. The van der Waals surface area contributed by atoms with E-state index in [0.717, 1.165) is 42.2 Å². The molecule has 2 saturated heterocycles. The highest BCUT2D eigenvalue weighted by molar-refractivity contribution is 7.99. The van der Waals surface area contributed by atoms with Crippen molar-refractivity contribution < 1.29 is 19.0 Å². The van der Waals surface area contributed by atoms with Gasteiger partial charge in [0.25, 0.3) is 0 Å². The second kappa shape index (κ2) is 8.74. The Morgan fingerprint density at radius 2 is 2.00 bits per heavy atom. The van der Waals surface area contributed by atoms with Crippen LogP contribution in [0.25, 0.3) is 0 Å². The van der Waals surface area contributed by atoms with Gasteiger partial charge in [-0.1, -0.05) is 0 Å². The van der Waals surface area contributed by atoms with E-state index in [1.165, 1.54) is 0 Å². The number of methoxy groups -OCH3 is 1. The van der Waals surface area contributed by atoms with Gasteiger partial charge in [0.05, 0.1) is 26.4 Å². The number of ether oxygens (including phenoxy) is 3. The smallest absolute Gasteiger partial charge is 0.223 e. The van der Waals surface area contributed by atoms with Crippen LogP contribution < -0.4 is 4.74 Å². The molecule has 1 atom stereocenters. The molecule has 24 heavy (non-hydrogen) atoms. The van der Waals surface area contributed by atoms with Gasteiger partial charge < -0.3 is 19.1 Å². The summed E-state index contributed by atoms with van der Waals surface area (Å²) in [7, 11) is 1.66. The third-order valence-electron chi connectivity index (χ3n) is 4.48. The first-order chi connectivity index (χ1) is 11.8. The summed E-state index contributed by atoms with van der Waals surface area (Å²) >= 11 is 1.70. The summed E-state index contributed by atoms with van der Waals surface area (Å²) in [5, 5.41) is 0. The van der Waals surface area contributed by atoms with Gasteiger partial charge in [0, 0.05) is 23.6 Å². The Hall–Kier alpha value is -1.24. The Labute approximate surface area is 147 Å². The van der Waals surface area contributed by atoms with Crippen LogP contribution in [-0.4, -0.2) is 55.8 Å². The molecule has 0 spiro atoms. The van der Waals surface area contributed by atoms with Crippen molar-refractivity contribution in [3.8, 4) is 5.75 Å². The van der Waals surface area contributed by atoms with Crippen molar-refractivity contribution in [1.29, 1.82) is 0 Å². The second-order valence-electron chi connectivity index (χ2n) is 6.03. The number of rotatable bonds is 6. The Balaban J connectivity index is 1.49. The summed E-state index contributed by atoms with van der Waals surface area (Å²) in [6.07, 6.45) is 3.49. The molecule has 1 aromatic carbocycles. The van der Waals surface area contributed by atoms with Crippen molar-refractivity contribution in [2.45, 2.75) is 42.9 Å². The zero-order valence-electron chi connectivity index (χ0n) is 14.1. The molecule has 1 amide bonds. The molecule has 6 heteroatoms. The van der Waals surface area contributed by atoms with Gasteiger partial charge in [-0.25, -0.2) is 0 Å². The maximum atomic E-state index is 12.6. The van der Waals surface area contributed by atoms with E-state index in [2.05, 4.69) is 0 Å². The lowest BCUT2D eigenvalue weighted by molar-refractivity contribution is -0.150. The third kappa shape index (κ3) is 4.43. The Kier molecular flexibility index (Phi) is 6.40. The fourth-order valence-corrected chi connectivity index (χ4v) is 4.06. The number of carbonyl (C=O) groups is 1. The summed E-state index contributed by atoms with van der Waals surface area (Å²) in [6.45, 7) is 2.09. The number of hydrogen-bond acceptors (Lipinski definition) is 5. The monoisotopic (exact) mass is 351 g/mol. The van der Waals surface area contributed by atoms with Crippen LogP contribution in [-0.2, 0) is 14.3 Å². The van der Waals surface area contributed by atoms with E-state index in [-0.39, 0.29) is 18.2 Å². The van der Waals surface area contributed by atoms with Crippen molar-refractivity contribution in [3.05, 3.63) is 24.3 Å². The number of carbonyl (C=O) groups excluding carboxylic acids is 1. The number of nitrogens with zero attached hydrogens (tertiary/aromatic N) is 1. The van der Waals surface area contributed by atoms with Gasteiger partial charge in [-0.05, 0) is 43.5 Å². The van der Waals surface area contributed by atoms with Gasteiger partial charge in [0.15, 0.2) is 6.29 Å². The number of piperidine rings is 1. The van der Waals surface area contributed by atoms with E-state index < -0.39 is 0 Å². The van der Waals surface area contributed by atoms with Gasteiger partial charge in [-0.15, -0.1) is 11.8 Å². The number of thioether (sulfide) groups is 1. The van der Waals surface area contributed by atoms with Crippen LogP contribution in [0.15, 0.2) is 29.2 Å². The van der Waals surface area contributed by atoms with E-state index in [9.17, 15) is 4.79 Å². The molecule has 0 aromatic heterocycles. The molecular formula is C18H25NO4S. The van der Waals surface area contributed by atoms with Crippen LogP contribution in [0.4, 0.5) is 0 Å². The molecule has 0 aliphatic carbocycles. The van der Waals surface area contributed by atoms with Crippen molar-refractivity contribution in [2.24, 2.45) is 0 Å². The van der Waals surface area contributed by atoms with E-state index in [4.69, 9.17) is 14.2 Å². The molecule has 1 aromatic rings. The topological polar surface area (TPSA) is 48.0 Å². The standard InChI is InChI=1S/C18H25NO4S/c1-21-14-5-7-15(8-6-14)24-13-9-17(20)19-10-3-2-4-16(19)18-22-11-12-23-18/h5-8,16,18H,2-4,9-13H2,1H3. The quantitative estimate of drug-likeness (QED) is 0.738. The zero-order valence-corrected chi connectivity index (χ0v) is 14.9. The van der Waals surface area contributed by atoms with Crippen molar-refractivity contribution in [2.75, 3.05) is 32.6 Å². The SMILES string of the molecule is COc1ccc(SCCC(=O)N2CCCCC2C2OCCO2)cc1. The normalized spacial score (nSPS) is 21.9. The van der Waals surface area contributed by atoms with E-state index in [1.807, 2.05) is 29.2 Å². The van der Waals surface area contributed by atoms with E-state index in [1.54, 1.807) is 18.9 Å². The van der Waals surface area contributed by atoms with Crippen LogP contribution in [0.5, 0.6) is 5.75 Å². The average Bonchev–Trinajstić information content (AvgIpc) is 3.17. The largest absolute Gasteiger partial charge is 0.497 e. The molecule has 3 rings (SSSR count). The predicted molar refractivity (Wildman–Crippen MR) is 93.4 cm³/mol. The summed E-state index contributed by atoms with van der Waals surface area (Å²) in [5.74, 6) is 1.84. The fraction of sp³-hybridized carbons (Fsp3) is 0.611. The first kappa shape index (κ1) is 17.6. The number of benzene rings is 1. The number of likely N-dealkylation sites (tertiary alicyclic amines) is 1. The minimum atomic E-state index is -0.233. The maximum Gasteiger partial charge on any atom is 0.223 e.